The Hall–Kier alpha value is -1.33. The average molecular weight is 291 g/mol. The highest BCUT2D eigenvalue weighted by molar-refractivity contribution is 7.98. The molecule has 1 aromatic carbocycles. The van der Waals surface area contributed by atoms with Crippen LogP contribution in [-0.2, 0) is 12.3 Å². The summed E-state index contributed by atoms with van der Waals surface area (Å²) in [5, 5.41) is 7.33. The van der Waals surface area contributed by atoms with E-state index in [4.69, 9.17) is 4.52 Å². The van der Waals surface area contributed by atoms with Crippen LogP contribution < -0.4 is 5.32 Å². The number of benzene rings is 1. The predicted molar refractivity (Wildman–Crippen MR) is 81.6 cm³/mol. The van der Waals surface area contributed by atoms with Crippen molar-refractivity contribution in [1.82, 2.24) is 15.5 Å². The number of nitrogens with one attached hydrogen (secondary N) is 1. The van der Waals surface area contributed by atoms with Crippen LogP contribution in [0.5, 0.6) is 0 Å². The smallest absolute Gasteiger partial charge is 0.240 e. The van der Waals surface area contributed by atoms with E-state index >= 15 is 0 Å². The molecule has 0 aliphatic carbocycles. The lowest BCUT2D eigenvalue weighted by molar-refractivity contribution is 0.334. The lowest BCUT2D eigenvalue weighted by Crippen LogP contribution is -2.35. The highest BCUT2D eigenvalue weighted by Crippen LogP contribution is 2.21. The van der Waals surface area contributed by atoms with Crippen molar-refractivity contribution in [3.63, 3.8) is 0 Å². The van der Waals surface area contributed by atoms with Gasteiger partial charge in [0.2, 0.25) is 5.89 Å². The fourth-order valence-corrected chi connectivity index (χ4v) is 2.29. The first-order chi connectivity index (χ1) is 9.42. The molecule has 2 aromatic rings. The first-order valence-electron chi connectivity index (χ1n) is 6.68. The van der Waals surface area contributed by atoms with E-state index in [0.717, 1.165) is 11.6 Å². The van der Waals surface area contributed by atoms with Crippen molar-refractivity contribution in [2.75, 3.05) is 0 Å². The summed E-state index contributed by atoms with van der Waals surface area (Å²) in [4.78, 5) is 5.60. The zero-order valence-corrected chi connectivity index (χ0v) is 13.3. The van der Waals surface area contributed by atoms with Crippen molar-refractivity contribution in [3.8, 4) is 0 Å². The Bertz CT molecular complexity index is 543. The summed E-state index contributed by atoms with van der Waals surface area (Å²) in [7, 11) is 0. The van der Waals surface area contributed by atoms with Gasteiger partial charge in [-0.2, -0.15) is 4.98 Å². The Labute approximate surface area is 124 Å². The van der Waals surface area contributed by atoms with Gasteiger partial charge in [-0.05, 0) is 39.8 Å². The maximum Gasteiger partial charge on any atom is 0.240 e. The van der Waals surface area contributed by atoms with Crippen LogP contribution in [0.25, 0.3) is 0 Å². The van der Waals surface area contributed by atoms with Crippen LogP contribution in [0.1, 0.15) is 38.0 Å². The topological polar surface area (TPSA) is 51.0 Å². The molecule has 20 heavy (non-hydrogen) atoms. The zero-order valence-electron chi connectivity index (χ0n) is 12.4. The Balaban J connectivity index is 1.85. The van der Waals surface area contributed by atoms with Gasteiger partial charge in [0.05, 0.1) is 12.3 Å². The van der Waals surface area contributed by atoms with Crippen LogP contribution in [0.15, 0.2) is 33.7 Å². The minimum atomic E-state index is 0.0469. The molecule has 2 rings (SSSR count). The van der Waals surface area contributed by atoms with Crippen LogP contribution in [0.4, 0.5) is 0 Å². The SMILES string of the molecule is Cc1ccc(SCc2noc(CNC(C)(C)C)n2)cc1. The molecule has 0 saturated heterocycles. The Morgan fingerprint density at radius 2 is 1.90 bits per heavy atom. The van der Waals surface area contributed by atoms with E-state index in [1.165, 1.54) is 10.5 Å². The highest BCUT2D eigenvalue weighted by atomic mass is 32.2. The molecule has 0 spiro atoms. The minimum absolute atomic E-state index is 0.0469. The van der Waals surface area contributed by atoms with Gasteiger partial charge in [0, 0.05) is 10.4 Å². The maximum absolute atomic E-state index is 5.23. The first kappa shape index (κ1) is 15.1. The van der Waals surface area contributed by atoms with Crippen molar-refractivity contribution < 1.29 is 4.52 Å². The van der Waals surface area contributed by atoms with Crippen LogP contribution in [0.3, 0.4) is 0 Å². The molecule has 1 aromatic heterocycles. The molecular formula is C15H21N3OS. The van der Waals surface area contributed by atoms with Gasteiger partial charge in [0.25, 0.3) is 0 Å². The standard InChI is InChI=1S/C15H21N3OS/c1-11-5-7-12(8-6-11)20-10-13-17-14(19-18-13)9-16-15(2,3)4/h5-8,16H,9-10H2,1-4H3. The summed E-state index contributed by atoms with van der Waals surface area (Å²) >= 11 is 1.71. The summed E-state index contributed by atoms with van der Waals surface area (Å²) in [5.41, 5.74) is 1.31. The minimum Gasteiger partial charge on any atom is -0.338 e. The van der Waals surface area contributed by atoms with Crippen LogP contribution in [0.2, 0.25) is 0 Å². The Kier molecular flexibility index (Phi) is 4.83. The first-order valence-corrected chi connectivity index (χ1v) is 7.67. The van der Waals surface area contributed by atoms with E-state index in [9.17, 15) is 0 Å². The molecule has 1 heterocycles. The van der Waals surface area contributed by atoms with Gasteiger partial charge in [-0.15, -0.1) is 11.8 Å². The maximum atomic E-state index is 5.23. The van der Waals surface area contributed by atoms with Crippen molar-refractivity contribution in [3.05, 3.63) is 41.5 Å². The molecule has 1 N–H and O–H groups in total. The molecule has 0 saturated carbocycles. The lowest BCUT2D eigenvalue weighted by atomic mass is 10.1. The monoisotopic (exact) mass is 291 g/mol. The van der Waals surface area contributed by atoms with Crippen LogP contribution in [-0.4, -0.2) is 15.7 Å². The molecular weight excluding hydrogens is 270 g/mol. The second kappa shape index (κ2) is 6.41. The molecule has 0 fully saturated rings. The summed E-state index contributed by atoms with van der Waals surface area (Å²) in [5.74, 6) is 2.10. The zero-order chi connectivity index (χ0) is 14.6. The second-order valence-corrected chi connectivity index (χ2v) is 6.86. The number of hydrogen-bond acceptors (Lipinski definition) is 5. The highest BCUT2D eigenvalue weighted by Gasteiger charge is 2.12. The van der Waals surface area contributed by atoms with Crippen molar-refractivity contribution in [1.29, 1.82) is 0 Å². The fourth-order valence-electron chi connectivity index (χ4n) is 1.54. The van der Waals surface area contributed by atoms with E-state index in [-0.39, 0.29) is 5.54 Å². The molecule has 4 nitrogen and oxygen atoms in total. The number of aryl methyl sites for hydroxylation is 1. The van der Waals surface area contributed by atoms with Gasteiger partial charge in [0.1, 0.15) is 0 Å². The molecule has 108 valence electrons. The third-order valence-corrected chi connectivity index (χ3v) is 3.68. The number of thioether (sulfide) groups is 1. The van der Waals surface area contributed by atoms with E-state index in [1.54, 1.807) is 11.8 Å². The molecule has 5 heteroatoms. The van der Waals surface area contributed by atoms with Gasteiger partial charge < -0.3 is 9.84 Å². The molecule has 0 bridgehead atoms. The van der Waals surface area contributed by atoms with E-state index in [2.05, 4.69) is 67.4 Å². The number of hydrogen-bond donors (Lipinski definition) is 1. The van der Waals surface area contributed by atoms with Crippen LogP contribution >= 0.6 is 11.8 Å². The van der Waals surface area contributed by atoms with Gasteiger partial charge in [-0.3, -0.25) is 0 Å². The van der Waals surface area contributed by atoms with Gasteiger partial charge in [-0.1, -0.05) is 22.9 Å². The molecule has 0 unspecified atom stereocenters. The second-order valence-electron chi connectivity index (χ2n) is 5.81. The number of nitrogens with zero attached hydrogens (tertiary/aromatic N) is 2. The van der Waals surface area contributed by atoms with Gasteiger partial charge in [0.15, 0.2) is 5.82 Å². The fraction of sp³-hybridized carbons (Fsp3) is 0.467. The van der Waals surface area contributed by atoms with Crippen LogP contribution in [0, 0.1) is 6.92 Å². The summed E-state index contributed by atoms with van der Waals surface area (Å²) in [6.45, 7) is 9.01. The summed E-state index contributed by atoms with van der Waals surface area (Å²) in [6.07, 6.45) is 0. The molecule has 0 aliphatic rings. The Morgan fingerprint density at radius 3 is 2.55 bits per heavy atom. The number of rotatable bonds is 5. The third-order valence-electron chi connectivity index (χ3n) is 2.67. The third kappa shape index (κ3) is 4.98. The van der Waals surface area contributed by atoms with E-state index in [1.807, 2.05) is 0 Å². The van der Waals surface area contributed by atoms with Crippen molar-refractivity contribution >= 4 is 11.8 Å². The molecule has 0 aliphatic heterocycles. The number of aromatic nitrogens is 2. The quantitative estimate of drug-likeness (QED) is 0.854. The normalized spacial score (nSPS) is 11.8. The summed E-state index contributed by atoms with van der Waals surface area (Å²) < 4.78 is 5.23. The lowest BCUT2D eigenvalue weighted by Gasteiger charge is -2.18. The largest absolute Gasteiger partial charge is 0.338 e. The predicted octanol–water partition coefficient (Wildman–Crippen LogP) is 3.56. The Morgan fingerprint density at radius 1 is 1.20 bits per heavy atom. The van der Waals surface area contributed by atoms with E-state index < -0.39 is 0 Å². The molecule has 0 amide bonds. The van der Waals surface area contributed by atoms with Crippen molar-refractivity contribution in [2.45, 2.75) is 50.4 Å². The van der Waals surface area contributed by atoms with Gasteiger partial charge >= 0.3 is 0 Å². The molecule has 0 radical (unpaired) electrons. The molecule has 0 atom stereocenters. The summed E-state index contributed by atoms with van der Waals surface area (Å²) in [6, 6.07) is 8.44. The van der Waals surface area contributed by atoms with Gasteiger partial charge in [-0.25, -0.2) is 0 Å². The van der Waals surface area contributed by atoms with E-state index in [0.29, 0.717) is 12.4 Å². The van der Waals surface area contributed by atoms with Crippen molar-refractivity contribution in [2.24, 2.45) is 0 Å². The average Bonchev–Trinajstić information content (AvgIpc) is 2.83.